The Kier molecular flexibility index (Phi) is 4.52. The lowest BCUT2D eigenvalue weighted by Gasteiger charge is -2.32. The van der Waals surface area contributed by atoms with E-state index >= 15 is 0 Å². The van der Waals surface area contributed by atoms with E-state index in [-0.39, 0.29) is 0 Å². The molecule has 0 saturated carbocycles. The smallest absolute Gasteiger partial charge is 0.0476 e. The third kappa shape index (κ3) is 2.96. The molecule has 2 aliphatic rings. The second-order valence-corrected chi connectivity index (χ2v) is 6.50. The van der Waals surface area contributed by atoms with E-state index in [1.54, 1.807) is 0 Å². The molecular formula is C17H25ClN2. The van der Waals surface area contributed by atoms with Crippen LogP contribution in [-0.4, -0.2) is 37.1 Å². The van der Waals surface area contributed by atoms with Crippen LogP contribution in [0.5, 0.6) is 0 Å². The molecule has 3 heteroatoms. The number of piperidine rings is 1. The van der Waals surface area contributed by atoms with Crippen molar-refractivity contribution in [1.29, 1.82) is 0 Å². The highest BCUT2D eigenvalue weighted by Gasteiger charge is 2.28. The maximum atomic E-state index is 5.95. The van der Waals surface area contributed by atoms with Gasteiger partial charge in [-0.25, -0.2) is 0 Å². The van der Waals surface area contributed by atoms with Gasteiger partial charge in [0.25, 0.3) is 0 Å². The number of hydrogen-bond donors (Lipinski definition) is 0. The average Bonchev–Trinajstić information content (AvgIpc) is 2.98. The number of aryl methyl sites for hydroxylation is 1. The van der Waals surface area contributed by atoms with Crippen LogP contribution in [0.4, 0.5) is 5.69 Å². The molecule has 2 heterocycles. The fourth-order valence-electron chi connectivity index (χ4n) is 3.58. The van der Waals surface area contributed by atoms with Gasteiger partial charge in [-0.15, -0.1) is 11.6 Å². The Bertz CT molecular complexity index is 454. The molecule has 110 valence electrons. The first-order valence-corrected chi connectivity index (χ1v) is 8.46. The Hall–Kier alpha value is -0.730. The van der Waals surface area contributed by atoms with Crippen molar-refractivity contribution in [3.8, 4) is 0 Å². The fourth-order valence-corrected chi connectivity index (χ4v) is 3.88. The number of likely N-dealkylation sites (tertiary alicyclic amines) is 1. The molecule has 2 fully saturated rings. The van der Waals surface area contributed by atoms with Crippen molar-refractivity contribution in [2.75, 3.05) is 31.1 Å². The molecule has 1 aromatic rings. The topological polar surface area (TPSA) is 6.48 Å². The predicted molar refractivity (Wildman–Crippen MR) is 86.8 cm³/mol. The van der Waals surface area contributed by atoms with Crippen LogP contribution in [0.3, 0.4) is 0 Å². The third-order valence-corrected chi connectivity index (χ3v) is 5.19. The molecule has 0 aromatic heterocycles. The zero-order chi connectivity index (χ0) is 13.9. The molecule has 20 heavy (non-hydrogen) atoms. The summed E-state index contributed by atoms with van der Waals surface area (Å²) in [6.45, 7) is 7.17. The maximum Gasteiger partial charge on any atom is 0.0476 e. The van der Waals surface area contributed by atoms with Crippen molar-refractivity contribution in [3.05, 3.63) is 29.3 Å². The van der Waals surface area contributed by atoms with Gasteiger partial charge in [0, 0.05) is 30.7 Å². The van der Waals surface area contributed by atoms with Crippen molar-refractivity contribution in [1.82, 2.24) is 4.90 Å². The average molecular weight is 293 g/mol. The Morgan fingerprint density at radius 3 is 2.65 bits per heavy atom. The van der Waals surface area contributed by atoms with Crippen molar-refractivity contribution in [2.45, 2.75) is 44.5 Å². The molecule has 1 unspecified atom stereocenters. The Labute approximate surface area is 127 Å². The van der Waals surface area contributed by atoms with E-state index < -0.39 is 0 Å². The Morgan fingerprint density at radius 1 is 1.15 bits per heavy atom. The maximum absolute atomic E-state index is 5.95. The molecule has 2 aliphatic heterocycles. The van der Waals surface area contributed by atoms with Crippen LogP contribution >= 0.6 is 11.6 Å². The van der Waals surface area contributed by atoms with Crippen LogP contribution in [0, 0.1) is 6.92 Å². The number of benzene rings is 1. The largest absolute Gasteiger partial charge is 0.370 e. The van der Waals surface area contributed by atoms with Crippen molar-refractivity contribution < 1.29 is 0 Å². The van der Waals surface area contributed by atoms with Gasteiger partial charge >= 0.3 is 0 Å². The lowest BCUT2D eigenvalue weighted by atomic mass is 10.1. The van der Waals surface area contributed by atoms with E-state index in [4.69, 9.17) is 11.6 Å². The predicted octanol–water partition coefficient (Wildman–Crippen LogP) is 3.80. The summed E-state index contributed by atoms with van der Waals surface area (Å²) in [4.78, 5) is 5.26. The number of hydrogen-bond acceptors (Lipinski definition) is 2. The summed E-state index contributed by atoms with van der Waals surface area (Å²) < 4.78 is 0. The van der Waals surface area contributed by atoms with Gasteiger partial charge in [-0.1, -0.05) is 12.5 Å². The van der Waals surface area contributed by atoms with Gasteiger partial charge in [0.2, 0.25) is 0 Å². The Morgan fingerprint density at radius 2 is 1.95 bits per heavy atom. The van der Waals surface area contributed by atoms with Crippen molar-refractivity contribution in [3.63, 3.8) is 0 Å². The normalized spacial score (nSPS) is 24.3. The summed E-state index contributed by atoms with van der Waals surface area (Å²) in [5.74, 6) is 0.614. The quantitative estimate of drug-likeness (QED) is 0.782. The number of alkyl halides is 1. The van der Waals surface area contributed by atoms with Crippen LogP contribution in [0.1, 0.15) is 36.8 Å². The summed E-state index contributed by atoms with van der Waals surface area (Å²) in [5.41, 5.74) is 3.94. The lowest BCUT2D eigenvalue weighted by molar-refractivity contribution is 0.175. The van der Waals surface area contributed by atoms with Gasteiger partial charge in [-0.3, -0.25) is 4.90 Å². The molecule has 0 bridgehead atoms. The van der Waals surface area contributed by atoms with E-state index in [1.165, 1.54) is 68.7 Å². The molecular weight excluding hydrogens is 268 g/mol. The highest BCUT2D eigenvalue weighted by atomic mass is 35.5. The van der Waals surface area contributed by atoms with Crippen LogP contribution in [0.25, 0.3) is 0 Å². The van der Waals surface area contributed by atoms with Crippen LogP contribution < -0.4 is 4.90 Å². The second kappa shape index (κ2) is 6.36. The molecule has 1 atom stereocenters. The minimum Gasteiger partial charge on any atom is -0.370 e. The first-order valence-electron chi connectivity index (χ1n) is 7.92. The van der Waals surface area contributed by atoms with Gasteiger partial charge in [0.05, 0.1) is 0 Å². The zero-order valence-electron chi connectivity index (χ0n) is 12.4. The summed E-state index contributed by atoms with van der Waals surface area (Å²) in [7, 11) is 0. The van der Waals surface area contributed by atoms with E-state index in [9.17, 15) is 0 Å². The first kappa shape index (κ1) is 14.2. The molecule has 1 aromatic carbocycles. The van der Waals surface area contributed by atoms with Gasteiger partial charge in [0.1, 0.15) is 0 Å². The number of rotatable bonds is 3. The minimum atomic E-state index is 0.614. The molecule has 3 rings (SSSR count). The molecule has 2 nitrogen and oxygen atoms in total. The zero-order valence-corrected chi connectivity index (χ0v) is 13.2. The number of anilines is 1. The second-order valence-electron chi connectivity index (χ2n) is 6.23. The molecule has 0 aliphatic carbocycles. The first-order chi connectivity index (χ1) is 9.78. The van der Waals surface area contributed by atoms with Gasteiger partial charge in [-0.05, 0) is 62.5 Å². The van der Waals surface area contributed by atoms with Crippen LogP contribution in [-0.2, 0) is 5.88 Å². The SMILES string of the molecule is Cc1cc(N2CCC(N3CCCCC3)C2)ccc1CCl. The standard InChI is InChI=1S/C17H25ClN2/c1-14-11-16(6-5-15(14)12-18)20-10-7-17(13-20)19-8-3-2-4-9-19/h5-6,11,17H,2-4,7-10,12-13H2,1H3. The van der Waals surface area contributed by atoms with Crippen molar-refractivity contribution in [2.24, 2.45) is 0 Å². The number of halogens is 1. The van der Waals surface area contributed by atoms with Gasteiger partial charge in [-0.2, -0.15) is 0 Å². The van der Waals surface area contributed by atoms with E-state index in [0.29, 0.717) is 5.88 Å². The highest BCUT2D eigenvalue weighted by molar-refractivity contribution is 6.17. The van der Waals surface area contributed by atoms with Crippen LogP contribution in [0.15, 0.2) is 18.2 Å². The monoisotopic (exact) mass is 292 g/mol. The molecule has 0 N–H and O–H groups in total. The lowest BCUT2D eigenvalue weighted by Crippen LogP contribution is -2.40. The molecule has 2 saturated heterocycles. The molecule has 0 spiro atoms. The van der Waals surface area contributed by atoms with E-state index in [1.807, 2.05) is 0 Å². The van der Waals surface area contributed by atoms with E-state index in [0.717, 1.165) is 6.04 Å². The summed E-state index contributed by atoms with van der Waals surface area (Å²) in [6.07, 6.45) is 5.52. The minimum absolute atomic E-state index is 0.614. The van der Waals surface area contributed by atoms with Crippen LogP contribution in [0.2, 0.25) is 0 Å². The van der Waals surface area contributed by atoms with Gasteiger partial charge < -0.3 is 4.90 Å². The fraction of sp³-hybridized carbons (Fsp3) is 0.647. The molecule has 0 radical (unpaired) electrons. The third-order valence-electron chi connectivity index (χ3n) is 4.91. The van der Waals surface area contributed by atoms with Crippen molar-refractivity contribution >= 4 is 17.3 Å². The Balaban J connectivity index is 1.65. The number of nitrogens with zero attached hydrogens (tertiary/aromatic N) is 2. The van der Waals surface area contributed by atoms with Gasteiger partial charge in [0.15, 0.2) is 0 Å². The summed E-state index contributed by atoms with van der Waals surface area (Å²) in [5, 5.41) is 0. The summed E-state index contributed by atoms with van der Waals surface area (Å²) >= 11 is 5.95. The van der Waals surface area contributed by atoms with E-state index in [2.05, 4.69) is 34.9 Å². The highest BCUT2D eigenvalue weighted by Crippen LogP contribution is 2.27. The summed E-state index contributed by atoms with van der Waals surface area (Å²) in [6, 6.07) is 7.49. The molecule has 0 amide bonds.